The summed E-state index contributed by atoms with van der Waals surface area (Å²) in [5, 5.41) is 31.1. The van der Waals surface area contributed by atoms with Gasteiger partial charge in [0.15, 0.2) is 0 Å². The highest BCUT2D eigenvalue weighted by molar-refractivity contribution is 6.46. The highest BCUT2D eigenvalue weighted by Gasteiger charge is 2.37. The largest absolute Gasteiger partial charge is 0.465 e. The molecule has 35 heavy (non-hydrogen) atoms. The van der Waals surface area contributed by atoms with E-state index in [9.17, 15) is 28.0 Å². The minimum absolute atomic E-state index is 0.00282. The van der Waals surface area contributed by atoms with E-state index in [1.807, 2.05) is 6.07 Å². The lowest BCUT2D eigenvalue weighted by Crippen LogP contribution is -2.40. The molecule has 2 amide bonds. The number of amides is 2. The fraction of sp³-hybridized carbons (Fsp3) is 0.227. The molecule has 0 aliphatic carbocycles. The molecule has 0 spiro atoms. The molecular weight excluding hydrogens is 510 g/mol. The molecule has 0 aliphatic rings. The third-order valence-corrected chi connectivity index (χ3v) is 5.62. The Morgan fingerprint density at radius 2 is 1.77 bits per heavy atom. The number of alkyl halides is 3. The van der Waals surface area contributed by atoms with Crippen LogP contribution in [0.2, 0.25) is 10.0 Å². The molecule has 0 saturated heterocycles. The van der Waals surface area contributed by atoms with Crippen molar-refractivity contribution in [1.29, 1.82) is 10.5 Å². The Hall–Kier alpha value is -3.80. The summed E-state index contributed by atoms with van der Waals surface area (Å²) in [5.74, 6) is -1.14. The second-order valence-electron chi connectivity index (χ2n) is 7.14. The van der Waals surface area contributed by atoms with Crippen molar-refractivity contribution >= 4 is 46.6 Å². The predicted octanol–water partition coefficient (Wildman–Crippen LogP) is 5.66. The summed E-state index contributed by atoms with van der Waals surface area (Å²) in [6, 6.07) is 10.6. The smallest absolute Gasteiger partial charge is 0.417 e. The van der Waals surface area contributed by atoms with E-state index in [4.69, 9.17) is 33.6 Å². The van der Waals surface area contributed by atoms with Crippen molar-refractivity contribution in [2.75, 3.05) is 12.0 Å². The third-order valence-electron chi connectivity index (χ3n) is 4.98. The second-order valence-corrected chi connectivity index (χ2v) is 7.95. The molecule has 13 heteroatoms. The van der Waals surface area contributed by atoms with Crippen LogP contribution in [0.4, 0.5) is 23.7 Å². The van der Waals surface area contributed by atoms with Crippen molar-refractivity contribution in [3.63, 3.8) is 0 Å². The Bertz CT molecular complexity index is 1280. The van der Waals surface area contributed by atoms with Crippen LogP contribution in [0.5, 0.6) is 0 Å². The summed E-state index contributed by atoms with van der Waals surface area (Å²) in [5.41, 5.74) is -0.702. The maximum Gasteiger partial charge on any atom is 0.417 e. The SMILES string of the molecule is CCN(C(=O)O)C(=O)C(C#N)=NNc1ccc(C(C)(C#N)c2ccc(Cl)c(C(F)(F)F)c2)c(Cl)c1. The lowest BCUT2D eigenvalue weighted by Gasteiger charge is -2.25. The lowest BCUT2D eigenvalue weighted by molar-refractivity contribution is -0.137. The van der Waals surface area contributed by atoms with Gasteiger partial charge in [-0.25, -0.2) is 9.69 Å². The maximum atomic E-state index is 13.3. The van der Waals surface area contributed by atoms with Crippen LogP contribution < -0.4 is 5.43 Å². The van der Waals surface area contributed by atoms with Crippen LogP contribution >= 0.6 is 23.2 Å². The quantitative estimate of drug-likeness (QED) is 0.369. The number of hydrazone groups is 1. The number of nitrogens with zero attached hydrogens (tertiary/aromatic N) is 4. The van der Waals surface area contributed by atoms with Gasteiger partial charge in [-0.3, -0.25) is 10.2 Å². The lowest BCUT2D eigenvalue weighted by atomic mass is 9.77. The number of nitrogens with one attached hydrogen (secondary N) is 1. The zero-order chi connectivity index (χ0) is 26.6. The van der Waals surface area contributed by atoms with Crippen LogP contribution in [0.1, 0.15) is 30.5 Å². The monoisotopic (exact) mass is 525 g/mol. The number of hydrogen-bond acceptors (Lipinski definition) is 6. The van der Waals surface area contributed by atoms with Gasteiger partial charge in [-0.1, -0.05) is 35.3 Å². The molecule has 0 heterocycles. The summed E-state index contributed by atoms with van der Waals surface area (Å²) in [6.45, 7) is 2.58. The van der Waals surface area contributed by atoms with Crippen molar-refractivity contribution in [2.45, 2.75) is 25.4 Å². The molecular formula is C22H16Cl2F3N5O3. The summed E-state index contributed by atoms with van der Waals surface area (Å²) in [7, 11) is 0. The minimum Gasteiger partial charge on any atom is -0.465 e. The fourth-order valence-corrected chi connectivity index (χ4v) is 3.65. The van der Waals surface area contributed by atoms with Crippen molar-refractivity contribution < 1.29 is 27.9 Å². The highest BCUT2D eigenvalue weighted by atomic mass is 35.5. The van der Waals surface area contributed by atoms with Crippen molar-refractivity contribution in [2.24, 2.45) is 5.10 Å². The number of carbonyl (C=O) groups is 2. The number of halogens is 5. The molecule has 0 radical (unpaired) electrons. The first-order valence-corrected chi connectivity index (χ1v) is 10.4. The van der Waals surface area contributed by atoms with Gasteiger partial charge in [0.2, 0.25) is 5.71 Å². The molecule has 182 valence electrons. The van der Waals surface area contributed by atoms with E-state index in [1.54, 1.807) is 0 Å². The molecule has 1 atom stereocenters. The van der Waals surface area contributed by atoms with E-state index in [-0.39, 0.29) is 28.4 Å². The molecule has 2 aromatic rings. The van der Waals surface area contributed by atoms with Gasteiger partial charge in [0.1, 0.15) is 11.5 Å². The third kappa shape index (κ3) is 5.83. The van der Waals surface area contributed by atoms with Gasteiger partial charge in [-0.05, 0) is 49.2 Å². The first-order chi connectivity index (χ1) is 16.3. The van der Waals surface area contributed by atoms with Gasteiger partial charge in [0.25, 0.3) is 5.91 Å². The van der Waals surface area contributed by atoms with Gasteiger partial charge >= 0.3 is 12.3 Å². The Morgan fingerprint density at radius 3 is 2.26 bits per heavy atom. The van der Waals surface area contributed by atoms with Crippen LogP contribution in [0.3, 0.4) is 0 Å². The van der Waals surface area contributed by atoms with Crippen molar-refractivity contribution in [1.82, 2.24) is 4.90 Å². The Kier molecular flexibility index (Phi) is 8.34. The Morgan fingerprint density at radius 1 is 1.11 bits per heavy atom. The van der Waals surface area contributed by atoms with Gasteiger partial charge < -0.3 is 5.11 Å². The number of rotatable bonds is 6. The standard InChI is InChI=1S/C22H16Cl2F3N5O3/c1-3-32(20(34)35)19(33)18(10-28)31-30-13-5-6-14(17(24)9-13)21(2,11-29)12-4-7-16(23)15(8-12)22(25,26)27/h4-9,30H,3H2,1-2H3,(H,34,35). The molecule has 2 aromatic carbocycles. The van der Waals surface area contributed by atoms with Gasteiger partial charge in [-0.2, -0.15) is 28.8 Å². The molecule has 8 nitrogen and oxygen atoms in total. The molecule has 0 saturated carbocycles. The molecule has 0 fully saturated rings. The first kappa shape index (κ1) is 27.4. The van der Waals surface area contributed by atoms with Gasteiger partial charge in [-0.15, -0.1) is 0 Å². The van der Waals surface area contributed by atoms with Crippen LogP contribution in [-0.4, -0.2) is 34.3 Å². The van der Waals surface area contributed by atoms with E-state index in [0.717, 1.165) is 12.1 Å². The molecule has 0 aliphatic heterocycles. The maximum absolute atomic E-state index is 13.3. The second kappa shape index (κ2) is 10.6. The predicted molar refractivity (Wildman–Crippen MR) is 122 cm³/mol. The summed E-state index contributed by atoms with van der Waals surface area (Å²) in [6.07, 6.45) is -6.29. The topological polar surface area (TPSA) is 130 Å². The Balaban J connectivity index is 2.43. The summed E-state index contributed by atoms with van der Waals surface area (Å²) >= 11 is 12.0. The van der Waals surface area contributed by atoms with E-state index < -0.39 is 39.9 Å². The average Bonchev–Trinajstić information content (AvgIpc) is 2.78. The minimum atomic E-state index is -4.73. The number of imide groups is 1. The number of anilines is 1. The number of benzene rings is 2. The zero-order valence-corrected chi connectivity index (χ0v) is 19.6. The van der Waals surface area contributed by atoms with Crippen LogP contribution in [0.15, 0.2) is 41.5 Å². The van der Waals surface area contributed by atoms with E-state index in [2.05, 4.69) is 10.5 Å². The van der Waals surface area contributed by atoms with Gasteiger partial charge in [0.05, 0.1) is 22.3 Å². The molecule has 2 N–H and O–H groups in total. The fourth-order valence-electron chi connectivity index (χ4n) is 3.06. The first-order valence-electron chi connectivity index (χ1n) is 9.67. The van der Waals surface area contributed by atoms with Crippen molar-refractivity contribution in [3.8, 4) is 12.1 Å². The average molecular weight is 526 g/mol. The van der Waals surface area contributed by atoms with E-state index in [1.165, 1.54) is 44.2 Å². The number of hydrogen-bond donors (Lipinski definition) is 2. The van der Waals surface area contributed by atoms with Gasteiger partial charge in [0, 0.05) is 11.6 Å². The Labute approximate surface area is 207 Å². The van der Waals surface area contributed by atoms with Crippen LogP contribution in [0.25, 0.3) is 0 Å². The van der Waals surface area contributed by atoms with Crippen molar-refractivity contribution in [3.05, 3.63) is 63.1 Å². The zero-order valence-electron chi connectivity index (χ0n) is 18.1. The molecule has 1 unspecified atom stereocenters. The summed E-state index contributed by atoms with van der Waals surface area (Å²) < 4.78 is 39.9. The van der Waals surface area contributed by atoms with Crippen LogP contribution in [-0.2, 0) is 16.4 Å². The summed E-state index contributed by atoms with van der Waals surface area (Å²) in [4.78, 5) is 23.6. The number of carboxylic acid groups (broad SMARTS) is 1. The normalized spacial score (nSPS) is 13.2. The molecule has 0 aromatic heterocycles. The number of carbonyl (C=O) groups excluding carboxylic acids is 1. The van der Waals surface area contributed by atoms with E-state index >= 15 is 0 Å². The highest BCUT2D eigenvalue weighted by Crippen LogP contribution is 2.41. The van der Waals surface area contributed by atoms with Crippen LogP contribution in [0, 0.1) is 22.7 Å². The number of nitriles is 2. The molecule has 2 rings (SSSR count). The van der Waals surface area contributed by atoms with E-state index in [0.29, 0.717) is 4.90 Å². The molecule has 0 bridgehead atoms.